The molecular weight excluding hydrogens is 365 g/mol. The summed E-state index contributed by atoms with van der Waals surface area (Å²) in [6.45, 7) is 1.48. The molecule has 0 unspecified atom stereocenters. The number of carbonyl (C=O) groups is 2. The Balaban J connectivity index is 2.05. The molecule has 2 aromatic carbocycles. The first-order valence-electron chi connectivity index (χ1n) is 8.72. The van der Waals surface area contributed by atoms with Gasteiger partial charge in [0.05, 0.1) is 23.9 Å². The van der Waals surface area contributed by atoms with Gasteiger partial charge >= 0.3 is 11.9 Å². The van der Waals surface area contributed by atoms with Gasteiger partial charge in [0.1, 0.15) is 13.2 Å². The third-order valence-electron chi connectivity index (χ3n) is 3.92. The Kier molecular flexibility index (Phi) is 8.14. The van der Waals surface area contributed by atoms with Gasteiger partial charge in [-0.25, -0.2) is 14.0 Å². The van der Waals surface area contributed by atoms with E-state index in [9.17, 15) is 14.0 Å². The van der Waals surface area contributed by atoms with Crippen LogP contribution in [-0.2, 0) is 14.3 Å². The molecule has 0 bridgehead atoms. The minimum absolute atomic E-state index is 0.137. The van der Waals surface area contributed by atoms with Gasteiger partial charge in [-0.05, 0) is 24.3 Å². The molecule has 0 amide bonds. The summed E-state index contributed by atoms with van der Waals surface area (Å²) in [6, 6.07) is 16.7. The second-order valence-corrected chi connectivity index (χ2v) is 6.06. The van der Waals surface area contributed by atoms with Crippen molar-refractivity contribution in [3.05, 3.63) is 71.8 Å². The number of nitrogens with zero attached hydrogens (tertiary/aromatic N) is 1. The van der Waals surface area contributed by atoms with Gasteiger partial charge in [-0.2, -0.15) is 0 Å². The number of carbonyl (C=O) groups excluding carboxylic acids is 2. The zero-order valence-electron chi connectivity index (χ0n) is 15.7. The lowest BCUT2D eigenvalue weighted by atomic mass is 10.0. The molecule has 2 aromatic rings. The summed E-state index contributed by atoms with van der Waals surface area (Å²) in [7, 11) is 1.28. The quantitative estimate of drug-likeness (QED) is 0.373. The molecule has 28 heavy (non-hydrogen) atoms. The molecule has 0 heterocycles. The molecule has 0 N–H and O–H groups in total. The van der Waals surface area contributed by atoms with Crippen LogP contribution in [0.5, 0.6) is 0 Å². The Morgan fingerprint density at radius 2 is 1.54 bits per heavy atom. The maximum Gasteiger partial charge on any atom is 0.338 e. The van der Waals surface area contributed by atoms with E-state index in [0.29, 0.717) is 5.56 Å². The molecular formula is C21H22FNO5. The van der Waals surface area contributed by atoms with Gasteiger partial charge in [0.25, 0.3) is 0 Å². The number of oxime groups is 1. The van der Waals surface area contributed by atoms with Gasteiger partial charge in [-0.15, -0.1) is 0 Å². The van der Waals surface area contributed by atoms with Crippen molar-refractivity contribution >= 4 is 18.2 Å². The van der Waals surface area contributed by atoms with Gasteiger partial charge in [0.2, 0.25) is 0 Å². The topological polar surface area (TPSA) is 74.2 Å². The molecule has 7 heteroatoms. The van der Waals surface area contributed by atoms with Gasteiger partial charge in [-0.1, -0.05) is 48.5 Å². The lowest BCUT2D eigenvalue weighted by Crippen LogP contribution is -2.37. The Hall–Kier alpha value is -3.22. The largest absolute Gasteiger partial charge is 0.462 e. The Morgan fingerprint density at radius 3 is 2.07 bits per heavy atom. The number of hydrogen-bond acceptors (Lipinski definition) is 6. The molecule has 0 aliphatic rings. The zero-order chi connectivity index (χ0) is 20.4. The van der Waals surface area contributed by atoms with Crippen LogP contribution >= 0.6 is 0 Å². The number of benzene rings is 2. The first-order valence-corrected chi connectivity index (χ1v) is 8.72. The number of hydrogen-bond donors (Lipinski definition) is 0. The van der Waals surface area contributed by atoms with Crippen molar-refractivity contribution in [1.82, 2.24) is 0 Å². The normalized spacial score (nSPS) is 14.1. The molecule has 0 spiro atoms. The third-order valence-corrected chi connectivity index (χ3v) is 3.92. The maximum absolute atomic E-state index is 14.6. The first-order chi connectivity index (χ1) is 13.5. The van der Waals surface area contributed by atoms with Crippen molar-refractivity contribution in [2.75, 3.05) is 13.7 Å². The molecule has 148 valence electrons. The monoisotopic (exact) mass is 387 g/mol. The van der Waals surface area contributed by atoms with Crippen LogP contribution in [0.4, 0.5) is 4.39 Å². The lowest BCUT2D eigenvalue weighted by Gasteiger charge is -2.25. The first kappa shape index (κ1) is 21.1. The second-order valence-electron chi connectivity index (χ2n) is 6.06. The van der Waals surface area contributed by atoms with Crippen LogP contribution in [0.1, 0.15) is 27.6 Å². The molecule has 0 aromatic heterocycles. The number of halogens is 1. The maximum atomic E-state index is 14.6. The number of esters is 2. The predicted octanol–water partition coefficient (Wildman–Crippen LogP) is 3.68. The minimum atomic E-state index is -1.74. The SMILES string of the molecule is CO/N=C\[C@@H](F)[C@H](OC(=O)c1ccccc1)[C@@H](C)COC(=O)c1ccccc1. The molecule has 2 rings (SSSR count). The average molecular weight is 387 g/mol. The van der Waals surface area contributed by atoms with E-state index in [2.05, 4.69) is 9.99 Å². The van der Waals surface area contributed by atoms with Crippen LogP contribution in [0.3, 0.4) is 0 Å². The van der Waals surface area contributed by atoms with E-state index in [0.717, 1.165) is 6.21 Å². The lowest BCUT2D eigenvalue weighted by molar-refractivity contribution is -0.0165. The Morgan fingerprint density at radius 1 is 1.00 bits per heavy atom. The molecule has 0 aliphatic carbocycles. The summed E-state index contributed by atoms with van der Waals surface area (Å²) in [5, 5.41) is 3.40. The Bertz CT molecular complexity index is 782. The highest BCUT2D eigenvalue weighted by atomic mass is 19.1. The molecule has 0 aliphatic heterocycles. The van der Waals surface area contributed by atoms with Crippen molar-refractivity contribution in [3.63, 3.8) is 0 Å². The van der Waals surface area contributed by atoms with Gasteiger partial charge in [-0.3, -0.25) is 0 Å². The smallest absolute Gasteiger partial charge is 0.338 e. The van der Waals surface area contributed by atoms with E-state index in [1.54, 1.807) is 67.6 Å². The molecule has 0 radical (unpaired) electrons. The second kappa shape index (κ2) is 10.8. The molecule has 0 saturated heterocycles. The van der Waals surface area contributed by atoms with Crippen LogP contribution in [0, 0.1) is 5.92 Å². The van der Waals surface area contributed by atoms with E-state index in [-0.39, 0.29) is 12.2 Å². The fraction of sp³-hybridized carbons (Fsp3) is 0.286. The van der Waals surface area contributed by atoms with Crippen molar-refractivity contribution in [3.8, 4) is 0 Å². The van der Waals surface area contributed by atoms with Crippen molar-refractivity contribution in [2.24, 2.45) is 11.1 Å². The van der Waals surface area contributed by atoms with Gasteiger partial charge < -0.3 is 14.3 Å². The van der Waals surface area contributed by atoms with Crippen molar-refractivity contribution in [1.29, 1.82) is 0 Å². The van der Waals surface area contributed by atoms with Crippen molar-refractivity contribution < 1.29 is 28.3 Å². The molecule has 3 atom stereocenters. The summed E-state index contributed by atoms with van der Waals surface area (Å²) in [5.74, 6) is -1.85. The summed E-state index contributed by atoms with van der Waals surface area (Å²) in [5.41, 5.74) is 0.669. The van der Waals surface area contributed by atoms with Gasteiger partial charge in [0, 0.05) is 5.92 Å². The van der Waals surface area contributed by atoms with E-state index >= 15 is 0 Å². The van der Waals surface area contributed by atoms with Crippen LogP contribution in [0.2, 0.25) is 0 Å². The van der Waals surface area contributed by atoms with Gasteiger partial charge in [0.15, 0.2) is 6.17 Å². The van der Waals surface area contributed by atoms with Crippen LogP contribution in [0.15, 0.2) is 65.8 Å². The number of ether oxygens (including phenoxy) is 2. The summed E-state index contributed by atoms with van der Waals surface area (Å²) < 4.78 is 25.2. The van der Waals surface area contributed by atoms with E-state index in [1.807, 2.05) is 0 Å². The van der Waals surface area contributed by atoms with Crippen LogP contribution in [0.25, 0.3) is 0 Å². The summed E-state index contributed by atoms with van der Waals surface area (Å²) >= 11 is 0. The standard InChI is InChI=1S/C21H22FNO5/c1-15(14-27-20(24)16-9-5-3-6-10-16)19(18(22)13-23-26-2)28-21(25)17-11-7-4-8-12-17/h3-13,15,18-19H,14H2,1-2H3/b23-13-/t15-,18+,19+/m0/s1. The van der Waals surface area contributed by atoms with Crippen molar-refractivity contribution in [2.45, 2.75) is 19.2 Å². The highest BCUT2D eigenvalue weighted by Crippen LogP contribution is 2.18. The predicted molar refractivity (Wildman–Crippen MR) is 102 cm³/mol. The molecule has 0 saturated carbocycles. The van der Waals surface area contributed by atoms with E-state index in [1.165, 1.54) is 7.11 Å². The van der Waals surface area contributed by atoms with E-state index in [4.69, 9.17) is 9.47 Å². The highest BCUT2D eigenvalue weighted by Gasteiger charge is 2.31. The summed E-state index contributed by atoms with van der Waals surface area (Å²) in [4.78, 5) is 28.9. The number of alkyl halides is 1. The Labute approximate surface area is 162 Å². The zero-order valence-corrected chi connectivity index (χ0v) is 15.7. The third kappa shape index (κ3) is 6.19. The minimum Gasteiger partial charge on any atom is -0.462 e. The fourth-order valence-corrected chi connectivity index (χ4v) is 2.42. The fourth-order valence-electron chi connectivity index (χ4n) is 2.42. The molecule has 6 nitrogen and oxygen atoms in total. The van der Waals surface area contributed by atoms with Crippen LogP contribution in [-0.4, -0.2) is 44.1 Å². The number of rotatable bonds is 9. The molecule has 0 fully saturated rings. The highest BCUT2D eigenvalue weighted by molar-refractivity contribution is 5.90. The average Bonchev–Trinajstić information content (AvgIpc) is 2.74. The summed E-state index contributed by atoms with van der Waals surface area (Å²) in [6.07, 6.45) is -2.05. The van der Waals surface area contributed by atoms with E-state index < -0.39 is 30.1 Å². The van der Waals surface area contributed by atoms with Crippen LogP contribution < -0.4 is 0 Å².